The Hall–Kier alpha value is -2.69. The normalized spacial score (nSPS) is 11.1. The Kier molecular flexibility index (Phi) is 5.65. The van der Waals surface area contributed by atoms with Gasteiger partial charge in [-0.05, 0) is 42.8 Å². The van der Waals surface area contributed by atoms with Gasteiger partial charge in [-0.1, -0.05) is 18.2 Å². The smallest absolute Gasteiger partial charge is 0.193 e. The Morgan fingerprint density at radius 1 is 1.14 bits per heavy atom. The fraction of sp³-hybridized carbons (Fsp3) is 0.235. The van der Waals surface area contributed by atoms with Crippen LogP contribution in [0.15, 0.2) is 53.5 Å². The number of ether oxygens (including phenoxy) is 2. The summed E-state index contributed by atoms with van der Waals surface area (Å²) in [4.78, 5) is 4.23. The summed E-state index contributed by atoms with van der Waals surface area (Å²) in [6.45, 7) is 2.98. The highest BCUT2D eigenvalue weighted by molar-refractivity contribution is 5.92. The molecule has 116 valence electrons. The van der Waals surface area contributed by atoms with E-state index in [1.54, 1.807) is 7.11 Å². The minimum atomic E-state index is 0.360. The lowest BCUT2D eigenvalue weighted by Crippen LogP contribution is -2.23. The van der Waals surface area contributed by atoms with Crippen LogP contribution < -0.4 is 20.5 Å². The maximum Gasteiger partial charge on any atom is 0.193 e. The van der Waals surface area contributed by atoms with Crippen LogP contribution in [0.1, 0.15) is 5.56 Å². The zero-order valence-electron chi connectivity index (χ0n) is 12.9. The summed E-state index contributed by atoms with van der Waals surface area (Å²) < 4.78 is 10.8. The highest BCUT2D eigenvalue weighted by atomic mass is 16.5. The molecule has 0 heterocycles. The predicted octanol–water partition coefficient (Wildman–Crippen LogP) is 2.81. The van der Waals surface area contributed by atoms with Gasteiger partial charge in [0.2, 0.25) is 0 Å². The van der Waals surface area contributed by atoms with Gasteiger partial charge in [0.15, 0.2) is 5.96 Å². The molecule has 0 aliphatic carbocycles. The minimum Gasteiger partial charge on any atom is -0.497 e. The monoisotopic (exact) mass is 299 g/mol. The maximum atomic E-state index is 5.84. The molecule has 2 rings (SSSR count). The standard InChI is InChI=1S/C17H21N3O2/c1-13-5-3-4-6-16(13)22-12-11-19-17(18)20-14-7-9-15(21-2)10-8-14/h3-10H,11-12H2,1-2H3,(H3,18,19,20). The summed E-state index contributed by atoms with van der Waals surface area (Å²) in [5.74, 6) is 2.03. The van der Waals surface area contributed by atoms with Crippen molar-refractivity contribution in [2.24, 2.45) is 10.7 Å². The molecule has 5 nitrogen and oxygen atoms in total. The predicted molar refractivity (Wildman–Crippen MR) is 89.8 cm³/mol. The number of nitrogens with one attached hydrogen (secondary N) is 1. The largest absolute Gasteiger partial charge is 0.497 e. The first kappa shape index (κ1) is 15.7. The van der Waals surface area contributed by atoms with Crippen molar-refractivity contribution < 1.29 is 9.47 Å². The fourth-order valence-corrected chi connectivity index (χ4v) is 1.90. The molecule has 0 aliphatic heterocycles. The number of rotatable bonds is 6. The lowest BCUT2D eigenvalue weighted by molar-refractivity contribution is 0.326. The molecule has 0 aromatic heterocycles. The van der Waals surface area contributed by atoms with Crippen LogP contribution in [0.2, 0.25) is 0 Å². The van der Waals surface area contributed by atoms with E-state index in [0.717, 1.165) is 22.7 Å². The molecule has 2 aromatic rings. The van der Waals surface area contributed by atoms with Crippen molar-refractivity contribution in [3.8, 4) is 11.5 Å². The summed E-state index contributed by atoms with van der Waals surface area (Å²) in [7, 11) is 1.63. The first-order valence-electron chi connectivity index (χ1n) is 7.08. The van der Waals surface area contributed by atoms with Crippen molar-refractivity contribution in [2.75, 3.05) is 25.6 Å². The number of anilines is 1. The fourth-order valence-electron chi connectivity index (χ4n) is 1.90. The first-order valence-corrected chi connectivity index (χ1v) is 7.08. The Labute approximate surface area is 130 Å². The van der Waals surface area contributed by atoms with Gasteiger partial charge in [-0.2, -0.15) is 0 Å². The second kappa shape index (κ2) is 7.93. The molecular weight excluding hydrogens is 278 g/mol. The van der Waals surface area contributed by atoms with Crippen molar-refractivity contribution in [2.45, 2.75) is 6.92 Å². The molecule has 0 fully saturated rings. The molecule has 0 radical (unpaired) electrons. The van der Waals surface area contributed by atoms with E-state index >= 15 is 0 Å². The zero-order valence-corrected chi connectivity index (χ0v) is 12.9. The van der Waals surface area contributed by atoms with E-state index < -0.39 is 0 Å². The number of aliphatic imine (C=N–C) groups is 1. The number of nitrogens with zero attached hydrogens (tertiary/aromatic N) is 1. The lowest BCUT2D eigenvalue weighted by atomic mass is 10.2. The second-order valence-electron chi connectivity index (χ2n) is 4.73. The van der Waals surface area contributed by atoms with Gasteiger partial charge in [0.1, 0.15) is 18.1 Å². The lowest BCUT2D eigenvalue weighted by Gasteiger charge is -2.08. The topological polar surface area (TPSA) is 68.9 Å². The zero-order chi connectivity index (χ0) is 15.8. The Bertz CT molecular complexity index is 624. The summed E-state index contributed by atoms with van der Waals surface area (Å²) >= 11 is 0. The van der Waals surface area contributed by atoms with E-state index in [4.69, 9.17) is 15.2 Å². The van der Waals surface area contributed by atoms with Gasteiger partial charge in [-0.15, -0.1) is 0 Å². The van der Waals surface area contributed by atoms with E-state index in [2.05, 4.69) is 10.3 Å². The third-order valence-electron chi connectivity index (χ3n) is 3.09. The van der Waals surface area contributed by atoms with Crippen LogP contribution in [0.3, 0.4) is 0 Å². The number of guanidine groups is 1. The van der Waals surface area contributed by atoms with Crippen LogP contribution in [0.25, 0.3) is 0 Å². The molecular formula is C17H21N3O2. The number of nitrogens with two attached hydrogens (primary N) is 1. The van der Waals surface area contributed by atoms with Gasteiger partial charge in [-0.3, -0.25) is 0 Å². The second-order valence-corrected chi connectivity index (χ2v) is 4.73. The number of methoxy groups -OCH3 is 1. The first-order chi connectivity index (χ1) is 10.7. The molecule has 0 bridgehead atoms. The van der Waals surface area contributed by atoms with Crippen LogP contribution in [0.5, 0.6) is 11.5 Å². The van der Waals surface area contributed by atoms with Crippen LogP contribution >= 0.6 is 0 Å². The van der Waals surface area contributed by atoms with Gasteiger partial charge >= 0.3 is 0 Å². The van der Waals surface area contributed by atoms with Crippen molar-refractivity contribution in [3.63, 3.8) is 0 Å². The van der Waals surface area contributed by atoms with E-state index in [0.29, 0.717) is 19.1 Å². The van der Waals surface area contributed by atoms with Gasteiger partial charge in [0.25, 0.3) is 0 Å². The molecule has 0 spiro atoms. The number of benzene rings is 2. The number of aryl methyl sites for hydroxylation is 1. The molecule has 5 heteroatoms. The van der Waals surface area contributed by atoms with Gasteiger partial charge in [-0.25, -0.2) is 4.99 Å². The molecule has 3 N–H and O–H groups in total. The summed E-state index contributed by atoms with van der Waals surface area (Å²) in [5, 5.41) is 3.02. The summed E-state index contributed by atoms with van der Waals surface area (Å²) in [6, 6.07) is 15.4. The van der Waals surface area contributed by atoms with Crippen molar-refractivity contribution in [1.29, 1.82) is 0 Å². The van der Waals surface area contributed by atoms with Crippen LogP contribution in [0.4, 0.5) is 5.69 Å². The molecule has 0 atom stereocenters. The van der Waals surface area contributed by atoms with Gasteiger partial charge in [0.05, 0.1) is 13.7 Å². The van der Waals surface area contributed by atoms with Crippen LogP contribution in [0, 0.1) is 6.92 Å². The molecule has 0 amide bonds. The van der Waals surface area contributed by atoms with Crippen molar-refractivity contribution in [3.05, 3.63) is 54.1 Å². The Balaban J connectivity index is 1.78. The average molecular weight is 299 g/mol. The molecule has 0 saturated carbocycles. The van der Waals surface area contributed by atoms with E-state index in [9.17, 15) is 0 Å². The molecule has 2 aromatic carbocycles. The van der Waals surface area contributed by atoms with E-state index in [1.165, 1.54) is 0 Å². The quantitative estimate of drug-likeness (QED) is 0.489. The van der Waals surface area contributed by atoms with E-state index in [1.807, 2.05) is 55.5 Å². The number of hydrogen-bond donors (Lipinski definition) is 2. The SMILES string of the molecule is COc1ccc(NC(N)=NCCOc2ccccc2C)cc1. The minimum absolute atomic E-state index is 0.360. The summed E-state index contributed by atoms with van der Waals surface area (Å²) in [6.07, 6.45) is 0. The van der Waals surface area contributed by atoms with E-state index in [-0.39, 0.29) is 0 Å². The third-order valence-corrected chi connectivity index (χ3v) is 3.09. The van der Waals surface area contributed by atoms with Crippen molar-refractivity contribution in [1.82, 2.24) is 0 Å². The van der Waals surface area contributed by atoms with Crippen LogP contribution in [-0.4, -0.2) is 26.2 Å². The highest BCUT2D eigenvalue weighted by Gasteiger charge is 1.98. The molecule has 0 aliphatic rings. The number of hydrogen-bond acceptors (Lipinski definition) is 3. The molecule has 0 unspecified atom stereocenters. The highest BCUT2D eigenvalue weighted by Crippen LogP contribution is 2.16. The molecule has 0 saturated heterocycles. The molecule has 22 heavy (non-hydrogen) atoms. The number of para-hydroxylation sites is 1. The summed E-state index contributed by atoms with van der Waals surface area (Å²) in [5.41, 5.74) is 7.81. The van der Waals surface area contributed by atoms with Gasteiger partial charge in [0, 0.05) is 5.69 Å². The van der Waals surface area contributed by atoms with Crippen LogP contribution in [-0.2, 0) is 0 Å². The Morgan fingerprint density at radius 3 is 2.55 bits per heavy atom. The maximum absolute atomic E-state index is 5.84. The Morgan fingerprint density at radius 2 is 1.86 bits per heavy atom. The van der Waals surface area contributed by atoms with Crippen molar-refractivity contribution >= 4 is 11.6 Å². The average Bonchev–Trinajstić information content (AvgIpc) is 2.54. The third kappa shape index (κ3) is 4.70. The van der Waals surface area contributed by atoms with Gasteiger partial charge < -0.3 is 20.5 Å².